The summed E-state index contributed by atoms with van der Waals surface area (Å²) in [4.78, 5) is 23.9. The van der Waals surface area contributed by atoms with Gasteiger partial charge >= 0.3 is 0 Å². The molecule has 0 spiro atoms. The molecule has 90 valence electrons. The molecular weight excluding hydrogens is 212 g/mol. The number of imide groups is 1. The number of piperidine rings is 1. The van der Waals surface area contributed by atoms with Crippen molar-refractivity contribution in [3.8, 4) is 0 Å². The second-order valence-corrected chi connectivity index (χ2v) is 3.68. The number of carbonyl (C=O) groups is 2. The third-order valence-corrected chi connectivity index (χ3v) is 2.55. The van der Waals surface area contributed by atoms with Gasteiger partial charge in [-0.1, -0.05) is 5.16 Å². The molecule has 1 aliphatic heterocycles. The van der Waals surface area contributed by atoms with Gasteiger partial charge in [0.2, 0.25) is 11.8 Å². The number of amides is 2. The highest BCUT2D eigenvalue weighted by molar-refractivity contribution is 6.00. The summed E-state index contributed by atoms with van der Waals surface area (Å²) < 4.78 is 0. The van der Waals surface area contributed by atoms with Crippen LogP contribution in [0.2, 0.25) is 0 Å². The van der Waals surface area contributed by atoms with Gasteiger partial charge in [0.15, 0.2) is 0 Å². The van der Waals surface area contributed by atoms with Crippen molar-refractivity contribution in [2.45, 2.75) is 25.3 Å². The molecule has 1 rings (SSSR count). The summed E-state index contributed by atoms with van der Waals surface area (Å²) in [6.07, 6.45) is 1.22. The van der Waals surface area contributed by atoms with Gasteiger partial charge in [-0.05, 0) is 6.42 Å². The zero-order valence-electron chi connectivity index (χ0n) is 9.14. The summed E-state index contributed by atoms with van der Waals surface area (Å²) >= 11 is 0. The number of likely N-dealkylation sites (N-methyl/N-ethyl adjacent to an activating group) is 1. The van der Waals surface area contributed by atoms with E-state index < -0.39 is 0 Å². The molecule has 0 aromatic rings. The van der Waals surface area contributed by atoms with Gasteiger partial charge < -0.3 is 16.3 Å². The minimum absolute atomic E-state index is 0.111. The van der Waals surface area contributed by atoms with Gasteiger partial charge in [0.25, 0.3) is 0 Å². The molecule has 0 saturated carbocycles. The maximum Gasteiger partial charge on any atom is 0.246 e. The molecule has 16 heavy (non-hydrogen) atoms. The fourth-order valence-corrected chi connectivity index (χ4v) is 1.53. The molecule has 0 bridgehead atoms. The van der Waals surface area contributed by atoms with Gasteiger partial charge in [0, 0.05) is 26.4 Å². The first-order valence-corrected chi connectivity index (χ1v) is 5.06. The van der Waals surface area contributed by atoms with Crippen LogP contribution in [0.25, 0.3) is 0 Å². The molecule has 1 aliphatic rings. The van der Waals surface area contributed by atoms with Gasteiger partial charge in [-0.25, -0.2) is 0 Å². The average Bonchev–Trinajstić information content (AvgIpc) is 2.29. The molecule has 7 heteroatoms. The molecule has 2 amide bonds. The number of rotatable bonds is 4. The van der Waals surface area contributed by atoms with E-state index >= 15 is 0 Å². The van der Waals surface area contributed by atoms with E-state index in [-0.39, 0.29) is 23.7 Å². The Bertz CT molecular complexity index is 316. The third-order valence-electron chi connectivity index (χ3n) is 2.55. The third kappa shape index (κ3) is 2.93. The summed E-state index contributed by atoms with van der Waals surface area (Å²) in [5.74, 6) is -0.268. The van der Waals surface area contributed by atoms with E-state index in [4.69, 9.17) is 10.9 Å². The van der Waals surface area contributed by atoms with E-state index in [1.165, 1.54) is 7.05 Å². The van der Waals surface area contributed by atoms with Gasteiger partial charge in [0.05, 0.1) is 6.04 Å². The monoisotopic (exact) mass is 228 g/mol. The van der Waals surface area contributed by atoms with Crippen molar-refractivity contribution in [3.63, 3.8) is 0 Å². The summed E-state index contributed by atoms with van der Waals surface area (Å²) in [6, 6.07) is -0.353. The van der Waals surface area contributed by atoms with Crippen molar-refractivity contribution < 1.29 is 14.8 Å². The van der Waals surface area contributed by atoms with Gasteiger partial charge in [-0.2, -0.15) is 0 Å². The summed E-state index contributed by atoms with van der Waals surface area (Å²) in [7, 11) is 1.47. The van der Waals surface area contributed by atoms with Gasteiger partial charge in [-0.15, -0.1) is 0 Å². The number of nitrogens with one attached hydrogen (secondary N) is 1. The Kier molecular flexibility index (Phi) is 4.24. The highest BCUT2D eigenvalue weighted by Crippen LogP contribution is 2.11. The zero-order chi connectivity index (χ0) is 12.1. The number of amidine groups is 1. The van der Waals surface area contributed by atoms with E-state index in [9.17, 15) is 9.59 Å². The first-order valence-electron chi connectivity index (χ1n) is 5.06. The lowest BCUT2D eigenvalue weighted by atomic mass is 10.0. The molecule has 0 aromatic heterocycles. The van der Waals surface area contributed by atoms with Crippen LogP contribution in [0.4, 0.5) is 0 Å². The first kappa shape index (κ1) is 12.4. The van der Waals surface area contributed by atoms with Crippen molar-refractivity contribution >= 4 is 17.6 Å². The number of oxime groups is 1. The van der Waals surface area contributed by atoms with Crippen LogP contribution in [0, 0.1) is 0 Å². The fraction of sp³-hybridized carbons (Fsp3) is 0.667. The lowest BCUT2D eigenvalue weighted by molar-refractivity contribution is -0.148. The molecule has 0 aromatic carbocycles. The molecule has 1 fully saturated rings. The van der Waals surface area contributed by atoms with Gasteiger partial charge in [0.1, 0.15) is 5.84 Å². The first-order chi connectivity index (χ1) is 7.56. The molecule has 1 atom stereocenters. The van der Waals surface area contributed by atoms with E-state index in [1.807, 2.05) is 0 Å². The van der Waals surface area contributed by atoms with Crippen molar-refractivity contribution in [1.82, 2.24) is 10.2 Å². The van der Waals surface area contributed by atoms with Crippen LogP contribution in [0.15, 0.2) is 5.16 Å². The number of nitrogens with zero attached hydrogens (tertiary/aromatic N) is 2. The van der Waals surface area contributed by atoms with Crippen molar-refractivity contribution in [1.29, 1.82) is 0 Å². The van der Waals surface area contributed by atoms with Crippen LogP contribution in [0.1, 0.15) is 19.3 Å². The topological polar surface area (TPSA) is 108 Å². The lowest BCUT2D eigenvalue weighted by Crippen LogP contribution is -2.51. The highest BCUT2D eigenvalue weighted by Gasteiger charge is 2.30. The van der Waals surface area contributed by atoms with E-state index in [1.54, 1.807) is 0 Å². The minimum Gasteiger partial charge on any atom is -0.409 e. The summed E-state index contributed by atoms with van der Waals surface area (Å²) in [6.45, 7) is 0.439. The number of hydrogen-bond acceptors (Lipinski definition) is 5. The Morgan fingerprint density at radius 3 is 3.00 bits per heavy atom. The van der Waals surface area contributed by atoms with Crippen LogP contribution in [-0.4, -0.2) is 47.4 Å². The molecule has 4 N–H and O–H groups in total. The number of nitrogens with two attached hydrogens (primary N) is 1. The van der Waals surface area contributed by atoms with Crippen molar-refractivity contribution in [2.75, 3.05) is 13.6 Å². The van der Waals surface area contributed by atoms with Crippen LogP contribution < -0.4 is 11.1 Å². The normalized spacial score (nSPS) is 22.7. The van der Waals surface area contributed by atoms with Crippen molar-refractivity contribution in [2.24, 2.45) is 10.9 Å². The van der Waals surface area contributed by atoms with Crippen LogP contribution in [0.5, 0.6) is 0 Å². The van der Waals surface area contributed by atoms with Crippen LogP contribution in [0.3, 0.4) is 0 Å². The smallest absolute Gasteiger partial charge is 0.246 e. The Hall–Kier alpha value is -1.63. The molecule has 1 heterocycles. The Labute approximate surface area is 93.3 Å². The average molecular weight is 228 g/mol. The predicted octanol–water partition coefficient (Wildman–Crippen LogP) is -1.14. The van der Waals surface area contributed by atoms with E-state index in [0.29, 0.717) is 25.8 Å². The molecule has 0 aliphatic carbocycles. The number of carbonyl (C=O) groups excluding carboxylic acids is 2. The predicted molar refractivity (Wildman–Crippen MR) is 56.8 cm³/mol. The summed E-state index contributed by atoms with van der Waals surface area (Å²) in [5, 5.41) is 14.1. The molecular formula is C9H16N4O3. The number of likely N-dealkylation sites (tertiary alicyclic amines) is 1. The molecule has 1 unspecified atom stereocenters. The largest absolute Gasteiger partial charge is 0.409 e. The Morgan fingerprint density at radius 1 is 1.69 bits per heavy atom. The molecule has 1 saturated heterocycles. The van der Waals surface area contributed by atoms with Crippen LogP contribution >= 0.6 is 0 Å². The van der Waals surface area contributed by atoms with Gasteiger partial charge in [-0.3, -0.25) is 14.5 Å². The molecule has 0 radical (unpaired) electrons. The second kappa shape index (κ2) is 5.45. The zero-order valence-corrected chi connectivity index (χ0v) is 9.14. The second-order valence-electron chi connectivity index (χ2n) is 3.68. The van der Waals surface area contributed by atoms with E-state index in [0.717, 1.165) is 4.90 Å². The van der Waals surface area contributed by atoms with Crippen LogP contribution in [-0.2, 0) is 9.59 Å². The number of hydrogen-bond donors (Lipinski definition) is 3. The lowest BCUT2D eigenvalue weighted by Gasteiger charge is -2.28. The highest BCUT2D eigenvalue weighted by atomic mass is 16.4. The van der Waals surface area contributed by atoms with Crippen molar-refractivity contribution in [3.05, 3.63) is 0 Å². The molecule has 7 nitrogen and oxygen atoms in total. The fourth-order valence-electron chi connectivity index (χ4n) is 1.53. The summed E-state index contributed by atoms with van der Waals surface area (Å²) in [5.41, 5.74) is 5.28. The SMILES string of the molecule is CN1C(=O)CCC(NCCC(N)=NO)C1=O. The minimum atomic E-state index is -0.353. The Balaban J connectivity index is 2.38. The standard InChI is InChI=1S/C9H16N4O3/c1-13-8(14)3-2-6(9(13)15)11-5-4-7(10)12-16/h6,11,16H,2-5H2,1H3,(H2,10,12). The quantitative estimate of drug-likeness (QED) is 0.185. The Morgan fingerprint density at radius 2 is 2.38 bits per heavy atom. The van der Waals surface area contributed by atoms with E-state index in [2.05, 4.69) is 10.5 Å². The maximum absolute atomic E-state index is 11.6. The maximum atomic E-state index is 11.6.